The zero-order valence-corrected chi connectivity index (χ0v) is 13.2. The zero-order valence-electron chi connectivity index (χ0n) is 13.2. The third-order valence-corrected chi connectivity index (χ3v) is 5.28. The number of likely N-dealkylation sites (tertiary alicyclic amines) is 2. The average Bonchev–Trinajstić information content (AvgIpc) is 2.48. The smallest absolute Gasteiger partial charge is 0.274 e. The molecule has 0 unspecified atom stereocenters. The standard InChI is InChI=1S/C16H24N4O/c1-12-10-18-13(11-17-12)15(21)20-9-5-7-16(2)14(20)6-4-8-19(16)3/h10-11,14H,4-9H2,1-3H3/t14-,16-/m0/s1. The maximum Gasteiger partial charge on any atom is 0.274 e. The molecule has 2 aliphatic heterocycles. The van der Waals surface area contributed by atoms with Crippen LogP contribution in [0.5, 0.6) is 0 Å². The molecule has 0 saturated carbocycles. The van der Waals surface area contributed by atoms with E-state index in [1.807, 2.05) is 11.8 Å². The molecular weight excluding hydrogens is 264 g/mol. The summed E-state index contributed by atoms with van der Waals surface area (Å²) >= 11 is 0. The van der Waals surface area contributed by atoms with Gasteiger partial charge in [-0.05, 0) is 53.1 Å². The molecule has 5 nitrogen and oxygen atoms in total. The highest BCUT2D eigenvalue weighted by Gasteiger charge is 2.47. The van der Waals surface area contributed by atoms with Gasteiger partial charge in [0.2, 0.25) is 0 Å². The van der Waals surface area contributed by atoms with Crippen LogP contribution in [0.2, 0.25) is 0 Å². The largest absolute Gasteiger partial charge is 0.332 e. The van der Waals surface area contributed by atoms with Gasteiger partial charge >= 0.3 is 0 Å². The van der Waals surface area contributed by atoms with E-state index in [1.54, 1.807) is 12.4 Å². The monoisotopic (exact) mass is 288 g/mol. The molecule has 5 heteroatoms. The predicted molar refractivity (Wildman–Crippen MR) is 81.1 cm³/mol. The van der Waals surface area contributed by atoms with Crippen LogP contribution in [0.1, 0.15) is 48.8 Å². The van der Waals surface area contributed by atoms with Crippen molar-refractivity contribution in [1.82, 2.24) is 19.8 Å². The lowest BCUT2D eigenvalue weighted by Gasteiger charge is -2.55. The molecule has 2 saturated heterocycles. The fourth-order valence-corrected chi connectivity index (χ4v) is 3.85. The topological polar surface area (TPSA) is 49.3 Å². The zero-order chi connectivity index (χ0) is 15.0. The molecule has 3 heterocycles. The van der Waals surface area contributed by atoms with E-state index in [4.69, 9.17) is 0 Å². The summed E-state index contributed by atoms with van der Waals surface area (Å²) in [4.78, 5) is 25.8. The van der Waals surface area contributed by atoms with Crippen molar-refractivity contribution in [1.29, 1.82) is 0 Å². The van der Waals surface area contributed by atoms with Crippen LogP contribution >= 0.6 is 0 Å². The normalized spacial score (nSPS) is 30.0. The molecule has 3 rings (SSSR count). The Morgan fingerprint density at radius 3 is 2.81 bits per heavy atom. The van der Waals surface area contributed by atoms with Crippen LogP contribution in [0.3, 0.4) is 0 Å². The highest BCUT2D eigenvalue weighted by atomic mass is 16.2. The van der Waals surface area contributed by atoms with Crippen molar-refractivity contribution in [3.63, 3.8) is 0 Å². The maximum absolute atomic E-state index is 12.8. The lowest BCUT2D eigenvalue weighted by atomic mass is 9.76. The van der Waals surface area contributed by atoms with E-state index in [0.717, 1.165) is 44.5 Å². The number of piperidine rings is 2. The summed E-state index contributed by atoms with van der Waals surface area (Å²) in [6.45, 7) is 6.15. The van der Waals surface area contributed by atoms with Crippen LogP contribution in [0.4, 0.5) is 0 Å². The molecule has 1 aromatic rings. The first kappa shape index (κ1) is 14.4. The molecular formula is C16H24N4O. The first-order valence-corrected chi connectivity index (χ1v) is 7.83. The van der Waals surface area contributed by atoms with Crippen LogP contribution < -0.4 is 0 Å². The first-order valence-electron chi connectivity index (χ1n) is 7.83. The van der Waals surface area contributed by atoms with E-state index in [2.05, 4.69) is 28.8 Å². The number of likely N-dealkylation sites (N-methyl/N-ethyl adjacent to an activating group) is 1. The van der Waals surface area contributed by atoms with E-state index in [9.17, 15) is 4.79 Å². The Kier molecular flexibility index (Phi) is 3.69. The number of amides is 1. The second kappa shape index (κ2) is 5.37. The summed E-state index contributed by atoms with van der Waals surface area (Å²) in [5, 5.41) is 0. The van der Waals surface area contributed by atoms with E-state index in [0.29, 0.717) is 11.7 Å². The average molecular weight is 288 g/mol. The first-order chi connectivity index (χ1) is 10.0. The molecule has 2 atom stereocenters. The van der Waals surface area contributed by atoms with Crippen LogP contribution in [0, 0.1) is 6.92 Å². The quantitative estimate of drug-likeness (QED) is 0.791. The summed E-state index contributed by atoms with van der Waals surface area (Å²) in [7, 11) is 2.19. The van der Waals surface area contributed by atoms with Gasteiger partial charge in [-0.2, -0.15) is 0 Å². The molecule has 21 heavy (non-hydrogen) atoms. The molecule has 114 valence electrons. The molecule has 0 radical (unpaired) electrons. The van der Waals surface area contributed by atoms with Crippen LogP contribution in [-0.2, 0) is 0 Å². The number of carbonyl (C=O) groups excluding carboxylic acids is 1. The van der Waals surface area contributed by atoms with Gasteiger partial charge in [0.05, 0.1) is 17.9 Å². The predicted octanol–water partition coefficient (Wildman–Crippen LogP) is 1.87. The van der Waals surface area contributed by atoms with Gasteiger partial charge in [-0.3, -0.25) is 14.7 Å². The van der Waals surface area contributed by atoms with Crippen molar-refractivity contribution in [3.05, 3.63) is 23.8 Å². The molecule has 2 aliphatic rings. The molecule has 0 bridgehead atoms. The highest BCUT2D eigenvalue weighted by Crippen LogP contribution is 2.38. The molecule has 0 spiro atoms. The summed E-state index contributed by atoms with van der Waals surface area (Å²) in [6.07, 6.45) is 7.74. The van der Waals surface area contributed by atoms with Gasteiger partial charge in [-0.25, -0.2) is 4.98 Å². The highest BCUT2D eigenvalue weighted by molar-refractivity contribution is 5.92. The third kappa shape index (κ3) is 2.44. The number of nitrogens with zero attached hydrogens (tertiary/aromatic N) is 4. The molecule has 1 aromatic heterocycles. The number of fused-ring (bicyclic) bond motifs is 1. The van der Waals surface area contributed by atoms with E-state index in [1.165, 1.54) is 0 Å². The van der Waals surface area contributed by atoms with Crippen molar-refractivity contribution in [2.24, 2.45) is 0 Å². The number of aryl methyl sites for hydroxylation is 1. The van der Waals surface area contributed by atoms with Crippen molar-refractivity contribution in [3.8, 4) is 0 Å². The van der Waals surface area contributed by atoms with Gasteiger partial charge < -0.3 is 4.90 Å². The van der Waals surface area contributed by atoms with Gasteiger partial charge in [0.1, 0.15) is 5.69 Å². The van der Waals surface area contributed by atoms with Crippen molar-refractivity contribution < 1.29 is 4.79 Å². The Morgan fingerprint density at radius 2 is 2.10 bits per heavy atom. The third-order valence-electron chi connectivity index (χ3n) is 5.28. The lowest BCUT2D eigenvalue weighted by Crippen LogP contribution is -2.66. The number of carbonyl (C=O) groups is 1. The van der Waals surface area contributed by atoms with Gasteiger partial charge in [0, 0.05) is 18.3 Å². The number of aromatic nitrogens is 2. The Balaban J connectivity index is 1.87. The Morgan fingerprint density at radius 1 is 1.29 bits per heavy atom. The summed E-state index contributed by atoms with van der Waals surface area (Å²) in [6, 6.07) is 0.292. The van der Waals surface area contributed by atoms with Gasteiger partial charge in [0.15, 0.2) is 0 Å². The van der Waals surface area contributed by atoms with Crippen LogP contribution in [-0.4, -0.2) is 57.4 Å². The van der Waals surface area contributed by atoms with E-state index >= 15 is 0 Å². The van der Waals surface area contributed by atoms with Crippen molar-refractivity contribution >= 4 is 5.91 Å². The Hall–Kier alpha value is -1.49. The summed E-state index contributed by atoms with van der Waals surface area (Å²) in [5.74, 6) is 0.0359. The van der Waals surface area contributed by atoms with Crippen LogP contribution in [0.15, 0.2) is 12.4 Å². The second-order valence-corrected chi connectivity index (χ2v) is 6.58. The Labute approximate surface area is 126 Å². The molecule has 0 N–H and O–H groups in total. The number of hydrogen-bond acceptors (Lipinski definition) is 4. The lowest BCUT2D eigenvalue weighted by molar-refractivity contribution is -0.0350. The minimum atomic E-state index is 0.0359. The minimum Gasteiger partial charge on any atom is -0.332 e. The van der Waals surface area contributed by atoms with Crippen molar-refractivity contribution in [2.75, 3.05) is 20.1 Å². The maximum atomic E-state index is 12.8. The van der Waals surface area contributed by atoms with Gasteiger partial charge in [0.25, 0.3) is 5.91 Å². The summed E-state index contributed by atoms with van der Waals surface area (Å²) < 4.78 is 0. The van der Waals surface area contributed by atoms with E-state index in [-0.39, 0.29) is 11.4 Å². The SMILES string of the molecule is Cc1cnc(C(=O)N2CCC[C@@]3(C)[C@@H]2CCCN3C)cn1. The van der Waals surface area contributed by atoms with Gasteiger partial charge in [-0.15, -0.1) is 0 Å². The molecule has 0 aromatic carbocycles. The van der Waals surface area contributed by atoms with Crippen molar-refractivity contribution in [2.45, 2.75) is 51.1 Å². The Bertz CT molecular complexity index is 530. The fraction of sp³-hybridized carbons (Fsp3) is 0.688. The fourth-order valence-electron chi connectivity index (χ4n) is 3.85. The number of hydrogen-bond donors (Lipinski definition) is 0. The minimum absolute atomic E-state index is 0.0359. The number of rotatable bonds is 1. The van der Waals surface area contributed by atoms with E-state index < -0.39 is 0 Å². The second-order valence-electron chi connectivity index (χ2n) is 6.58. The molecule has 1 amide bonds. The van der Waals surface area contributed by atoms with Crippen LogP contribution in [0.25, 0.3) is 0 Å². The molecule has 2 fully saturated rings. The molecule has 0 aliphatic carbocycles. The van der Waals surface area contributed by atoms with Gasteiger partial charge in [-0.1, -0.05) is 0 Å². The summed E-state index contributed by atoms with van der Waals surface area (Å²) in [5.41, 5.74) is 1.41.